The minimum atomic E-state index is -0.557. The Kier molecular flexibility index (Phi) is 5.89. The molecule has 0 aromatic heterocycles. The van der Waals surface area contributed by atoms with Gasteiger partial charge in [0.05, 0.1) is 4.47 Å². The Balaban J connectivity index is 2.59. The molecule has 1 aromatic carbocycles. The Morgan fingerprint density at radius 2 is 2.05 bits per heavy atom. The molecule has 1 aromatic rings. The van der Waals surface area contributed by atoms with Crippen molar-refractivity contribution in [3.63, 3.8) is 0 Å². The molecule has 0 saturated carbocycles. The lowest BCUT2D eigenvalue weighted by atomic mass is 10.1. The topological polar surface area (TPSA) is 43.4 Å². The van der Waals surface area contributed by atoms with Gasteiger partial charge in [-0.05, 0) is 59.1 Å². The molecule has 0 unspecified atom stereocenters. The highest BCUT2D eigenvalue weighted by atomic mass is 79.9. The van der Waals surface area contributed by atoms with E-state index >= 15 is 0 Å². The van der Waals surface area contributed by atoms with Crippen molar-refractivity contribution in [2.24, 2.45) is 0 Å². The summed E-state index contributed by atoms with van der Waals surface area (Å²) in [5.41, 5.74) is 1.50. The summed E-state index contributed by atoms with van der Waals surface area (Å²) in [6, 6.07) is 4.77. The first-order valence-corrected chi connectivity index (χ1v) is 6.46. The van der Waals surface area contributed by atoms with Crippen molar-refractivity contribution in [1.29, 1.82) is 0 Å². The Bertz CT molecular complexity index is 523. The fraction of sp³-hybridized carbons (Fsp3) is 0.286. The second-order valence-electron chi connectivity index (χ2n) is 4.08. The molecule has 0 radical (unpaired) electrons. The van der Waals surface area contributed by atoms with E-state index in [4.69, 9.17) is 4.74 Å². The van der Waals surface area contributed by atoms with Gasteiger partial charge < -0.3 is 4.74 Å². The molecule has 0 saturated heterocycles. The van der Waals surface area contributed by atoms with Crippen LogP contribution >= 0.6 is 15.9 Å². The maximum absolute atomic E-state index is 13.3. The molecule has 0 spiro atoms. The zero-order valence-corrected chi connectivity index (χ0v) is 12.3. The molecule has 0 bridgehead atoms. The molecule has 102 valence electrons. The van der Waals surface area contributed by atoms with Crippen molar-refractivity contribution in [2.45, 2.75) is 20.3 Å². The van der Waals surface area contributed by atoms with Crippen molar-refractivity contribution in [1.82, 2.24) is 0 Å². The van der Waals surface area contributed by atoms with E-state index in [1.54, 1.807) is 25.1 Å². The molecule has 0 fully saturated rings. The van der Waals surface area contributed by atoms with Gasteiger partial charge >= 0.3 is 5.97 Å². The molecular formula is C14H14BrFO3. The van der Waals surface area contributed by atoms with E-state index < -0.39 is 5.97 Å². The number of rotatable bonds is 5. The van der Waals surface area contributed by atoms with E-state index in [1.807, 2.05) is 0 Å². The lowest BCUT2D eigenvalue weighted by molar-refractivity contribution is -0.144. The Morgan fingerprint density at radius 3 is 2.63 bits per heavy atom. The van der Waals surface area contributed by atoms with Crippen molar-refractivity contribution >= 4 is 33.3 Å². The molecule has 0 N–H and O–H groups in total. The SMILES string of the molecule is CC(=O)CC(=O)OCC=C(C)c1ccc(Br)c(F)c1. The maximum atomic E-state index is 13.3. The normalized spacial score (nSPS) is 11.3. The molecular weight excluding hydrogens is 315 g/mol. The number of esters is 1. The number of benzene rings is 1. The number of ether oxygens (including phenoxy) is 1. The third-order valence-corrected chi connectivity index (χ3v) is 3.05. The fourth-order valence-corrected chi connectivity index (χ4v) is 1.62. The van der Waals surface area contributed by atoms with E-state index in [0.717, 1.165) is 5.57 Å². The lowest BCUT2D eigenvalue weighted by Crippen LogP contribution is -2.08. The highest BCUT2D eigenvalue weighted by molar-refractivity contribution is 9.10. The van der Waals surface area contributed by atoms with E-state index in [9.17, 15) is 14.0 Å². The summed E-state index contributed by atoms with van der Waals surface area (Å²) < 4.78 is 18.6. The van der Waals surface area contributed by atoms with Crippen LogP contribution in [0.4, 0.5) is 4.39 Å². The summed E-state index contributed by atoms with van der Waals surface area (Å²) in [7, 11) is 0. The zero-order valence-electron chi connectivity index (χ0n) is 10.7. The minimum absolute atomic E-state index is 0.0651. The molecule has 1 rings (SSSR count). The molecule has 0 aliphatic carbocycles. The van der Waals surface area contributed by atoms with Crippen LogP contribution in [0.1, 0.15) is 25.8 Å². The summed E-state index contributed by atoms with van der Waals surface area (Å²) in [4.78, 5) is 21.8. The van der Waals surface area contributed by atoms with Gasteiger partial charge in [0.15, 0.2) is 0 Å². The Hall–Kier alpha value is -1.49. The number of hydrogen-bond acceptors (Lipinski definition) is 3. The van der Waals surface area contributed by atoms with Gasteiger partial charge in [-0.2, -0.15) is 0 Å². The van der Waals surface area contributed by atoms with Crippen molar-refractivity contribution < 1.29 is 18.7 Å². The van der Waals surface area contributed by atoms with Gasteiger partial charge in [-0.15, -0.1) is 0 Å². The number of ketones is 1. The minimum Gasteiger partial charge on any atom is -0.461 e. The predicted octanol–water partition coefficient (Wildman–Crippen LogP) is 3.51. The van der Waals surface area contributed by atoms with E-state index in [-0.39, 0.29) is 24.6 Å². The maximum Gasteiger partial charge on any atom is 0.313 e. The average Bonchev–Trinajstić information content (AvgIpc) is 2.31. The molecule has 19 heavy (non-hydrogen) atoms. The molecule has 3 nitrogen and oxygen atoms in total. The number of hydrogen-bond donors (Lipinski definition) is 0. The predicted molar refractivity (Wildman–Crippen MR) is 74.0 cm³/mol. The van der Waals surface area contributed by atoms with Crippen molar-refractivity contribution in [3.8, 4) is 0 Å². The van der Waals surface area contributed by atoms with Crippen molar-refractivity contribution in [2.75, 3.05) is 6.61 Å². The van der Waals surface area contributed by atoms with Crippen LogP contribution in [0.3, 0.4) is 0 Å². The zero-order chi connectivity index (χ0) is 14.4. The van der Waals surface area contributed by atoms with Crippen LogP contribution in [0.5, 0.6) is 0 Å². The van der Waals surface area contributed by atoms with Crippen LogP contribution in [-0.2, 0) is 14.3 Å². The standard InChI is InChI=1S/C14H14BrFO3/c1-9(5-6-19-14(18)7-10(2)17)11-3-4-12(15)13(16)8-11/h3-5,8H,6-7H2,1-2H3. The third-order valence-electron chi connectivity index (χ3n) is 2.40. The third kappa shape index (κ3) is 5.34. The highest BCUT2D eigenvalue weighted by Crippen LogP contribution is 2.21. The van der Waals surface area contributed by atoms with Crippen LogP contribution in [0.2, 0.25) is 0 Å². The lowest BCUT2D eigenvalue weighted by Gasteiger charge is -2.04. The van der Waals surface area contributed by atoms with Gasteiger partial charge in [0.1, 0.15) is 24.6 Å². The first kappa shape index (κ1) is 15.6. The molecule has 0 amide bonds. The first-order valence-electron chi connectivity index (χ1n) is 5.67. The number of Topliss-reactive ketones (excluding diaryl/α,β-unsaturated/α-hetero) is 1. The van der Waals surface area contributed by atoms with E-state index in [0.29, 0.717) is 10.0 Å². The van der Waals surface area contributed by atoms with Gasteiger partial charge in [0, 0.05) is 0 Å². The Morgan fingerprint density at radius 1 is 1.37 bits per heavy atom. The number of carbonyl (C=O) groups excluding carboxylic acids is 2. The monoisotopic (exact) mass is 328 g/mol. The average molecular weight is 329 g/mol. The number of allylic oxidation sites excluding steroid dienone is 1. The summed E-state index contributed by atoms with van der Waals surface area (Å²) in [5.74, 6) is -1.14. The molecule has 0 atom stereocenters. The Labute approximate surface area is 119 Å². The van der Waals surface area contributed by atoms with Gasteiger partial charge in [0.25, 0.3) is 0 Å². The van der Waals surface area contributed by atoms with Crippen LogP contribution in [0.15, 0.2) is 28.7 Å². The van der Waals surface area contributed by atoms with Crippen LogP contribution in [-0.4, -0.2) is 18.4 Å². The largest absolute Gasteiger partial charge is 0.461 e. The molecule has 0 aliphatic heterocycles. The highest BCUT2D eigenvalue weighted by Gasteiger charge is 2.06. The van der Waals surface area contributed by atoms with E-state index in [2.05, 4.69) is 15.9 Å². The van der Waals surface area contributed by atoms with Crippen molar-refractivity contribution in [3.05, 3.63) is 40.1 Å². The summed E-state index contributed by atoms with van der Waals surface area (Å²) in [5, 5.41) is 0. The van der Waals surface area contributed by atoms with Gasteiger partial charge in [-0.1, -0.05) is 6.07 Å². The molecule has 0 heterocycles. The molecule has 5 heteroatoms. The molecule has 0 aliphatic rings. The van der Waals surface area contributed by atoms with Gasteiger partial charge in [0.2, 0.25) is 0 Å². The number of halogens is 2. The van der Waals surface area contributed by atoms with E-state index in [1.165, 1.54) is 13.0 Å². The van der Waals surface area contributed by atoms with Gasteiger partial charge in [-0.25, -0.2) is 4.39 Å². The van der Waals surface area contributed by atoms with Crippen LogP contribution in [0, 0.1) is 5.82 Å². The second-order valence-corrected chi connectivity index (χ2v) is 4.93. The summed E-state index contributed by atoms with van der Waals surface area (Å²) in [6.07, 6.45) is 1.44. The smallest absolute Gasteiger partial charge is 0.313 e. The van der Waals surface area contributed by atoms with Crippen LogP contribution < -0.4 is 0 Å². The fourth-order valence-electron chi connectivity index (χ4n) is 1.37. The van der Waals surface area contributed by atoms with Crippen LogP contribution in [0.25, 0.3) is 5.57 Å². The summed E-state index contributed by atoms with van der Waals surface area (Å²) >= 11 is 3.08. The first-order chi connectivity index (χ1) is 8.90. The van der Waals surface area contributed by atoms with Gasteiger partial charge in [-0.3, -0.25) is 9.59 Å². The summed E-state index contributed by atoms with van der Waals surface area (Å²) in [6.45, 7) is 3.18. The quantitative estimate of drug-likeness (QED) is 0.613. The number of carbonyl (C=O) groups is 2. The second kappa shape index (κ2) is 7.19.